The van der Waals surface area contributed by atoms with Crippen LogP contribution < -0.4 is 16.0 Å². The number of rotatable bonds is 11. The van der Waals surface area contributed by atoms with Gasteiger partial charge in [0.2, 0.25) is 0 Å². The molecular weight excluding hydrogens is 535 g/mol. The highest BCUT2D eigenvalue weighted by molar-refractivity contribution is 14.0. The van der Waals surface area contributed by atoms with E-state index in [4.69, 9.17) is 13.9 Å². The van der Waals surface area contributed by atoms with E-state index in [1.54, 1.807) is 25.4 Å². The van der Waals surface area contributed by atoms with Gasteiger partial charge in [0.15, 0.2) is 5.96 Å². The Labute approximate surface area is 212 Å². The lowest BCUT2D eigenvalue weighted by Crippen LogP contribution is -2.37. The first-order valence-corrected chi connectivity index (χ1v) is 11.2. The van der Waals surface area contributed by atoms with Crippen molar-refractivity contribution in [1.29, 1.82) is 0 Å². The second-order valence-corrected chi connectivity index (χ2v) is 7.80. The van der Waals surface area contributed by atoms with Gasteiger partial charge in [0, 0.05) is 52.1 Å². The third-order valence-corrected chi connectivity index (χ3v) is 5.33. The number of nitrogens with zero attached hydrogens (tertiary/aromatic N) is 1. The van der Waals surface area contributed by atoms with Gasteiger partial charge in [-0.25, -0.2) is 0 Å². The van der Waals surface area contributed by atoms with Gasteiger partial charge in [-0.1, -0.05) is 12.1 Å². The molecule has 8 nitrogen and oxygen atoms in total. The minimum atomic E-state index is -0.133. The third kappa shape index (κ3) is 10.1. The van der Waals surface area contributed by atoms with Crippen LogP contribution in [0.4, 0.5) is 0 Å². The van der Waals surface area contributed by atoms with Crippen LogP contribution in [0.3, 0.4) is 0 Å². The van der Waals surface area contributed by atoms with Crippen molar-refractivity contribution in [3.05, 3.63) is 59.5 Å². The van der Waals surface area contributed by atoms with Crippen molar-refractivity contribution in [2.45, 2.75) is 32.4 Å². The molecule has 2 aromatic rings. The molecule has 1 amide bonds. The van der Waals surface area contributed by atoms with Crippen molar-refractivity contribution in [1.82, 2.24) is 16.0 Å². The molecule has 1 fully saturated rings. The maximum absolute atomic E-state index is 12.4. The van der Waals surface area contributed by atoms with Gasteiger partial charge in [-0.05, 0) is 55.0 Å². The number of carbonyl (C=O) groups is 1. The summed E-state index contributed by atoms with van der Waals surface area (Å²) < 4.78 is 16.4. The van der Waals surface area contributed by atoms with Crippen LogP contribution in [0, 0.1) is 5.92 Å². The Kier molecular flexibility index (Phi) is 12.9. The van der Waals surface area contributed by atoms with Crippen LogP contribution in [-0.2, 0) is 22.6 Å². The minimum Gasteiger partial charge on any atom is -0.467 e. The summed E-state index contributed by atoms with van der Waals surface area (Å²) in [5, 5.41) is 9.45. The average Bonchev–Trinajstić information content (AvgIpc) is 3.36. The van der Waals surface area contributed by atoms with Crippen molar-refractivity contribution in [3.8, 4) is 0 Å². The first-order valence-electron chi connectivity index (χ1n) is 11.2. The van der Waals surface area contributed by atoms with E-state index in [9.17, 15) is 4.79 Å². The summed E-state index contributed by atoms with van der Waals surface area (Å²) >= 11 is 0. The van der Waals surface area contributed by atoms with Crippen LogP contribution in [0.1, 0.15) is 40.9 Å². The quantitative estimate of drug-likeness (QED) is 0.166. The molecule has 0 bridgehead atoms. The van der Waals surface area contributed by atoms with Crippen LogP contribution >= 0.6 is 24.0 Å². The van der Waals surface area contributed by atoms with Gasteiger partial charge in [0.05, 0.1) is 12.8 Å². The minimum absolute atomic E-state index is 0. The van der Waals surface area contributed by atoms with Crippen molar-refractivity contribution < 1.29 is 18.7 Å². The monoisotopic (exact) mass is 570 g/mol. The fraction of sp³-hybridized carbons (Fsp3) is 0.500. The maximum atomic E-state index is 12.4. The van der Waals surface area contributed by atoms with Gasteiger partial charge in [0.25, 0.3) is 5.91 Å². The Bertz CT molecular complexity index is 839. The van der Waals surface area contributed by atoms with Crippen LogP contribution in [0.2, 0.25) is 0 Å². The average molecular weight is 570 g/mol. The summed E-state index contributed by atoms with van der Waals surface area (Å²) in [6, 6.07) is 11.2. The highest BCUT2D eigenvalue weighted by atomic mass is 127. The van der Waals surface area contributed by atoms with Crippen LogP contribution in [0.5, 0.6) is 0 Å². The Morgan fingerprint density at radius 3 is 2.73 bits per heavy atom. The normalized spacial score (nSPS) is 14.4. The molecule has 182 valence electrons. The summed E-state index contributed by atoms with van der Waals surface area (Å²) in [6.07, 6.45) is 4.70. The summed E-state index contributed by atoms with van der Waals surface area (Å²) in [5.74, 6) is 1.95. The van der Waals surface area contributed by atoms with Crippen molar-refractivity contribution >= 4 is 35.8 Å². The molecule has 0 spiro atoms. The zero-order valence-electron chi connectivity index (χ0n) is 19.2. The van der Waals surface area contributed by atoms with Gasteiger partial charge in [0.1, 0.15) is 5.76 Å². The first kappa shape index (κ1) is 27.1. The smallest absolute Gasteiger partial charge is 0.251 e. The van der Waals surface area contributed by atoms with Gasteiger partial charge >= 0.3 is 0 Å². The summed E-state index contributed by atoms with van der Waals surface area (Å²) in [4.78, 5) is 16.6. The summed E-state index contributed by atoms with van der Waals surface area (Å²) in [7, 11) is 1.75. The number of hydrogen-bond acceptors (Lipinski definition) is 5. The molecule has 0 atom stereocenters. The van der Waals surface area contributed by atoms with E-state index in [-0.39, 0.29) is 29.9 Å². The van der Waals surface area contributed by atoms with Crippen LogP contribution in [-0.4, -0.2) is 51.9 Å². The summed E-state index contributed by atoms with van der Waals surface area (Å²) in [6.45, 7) is 4.98. The molecule has 33 heavy (non-hydrogen) atoms. The Hall–Kier alpha value is -2.11. The molecule has 0 saturated carbocycles. The third-order valence-electron chi connectivity index (χ3n) is 5.33. The fourth-order valence-corrected chi connectivity index (χ4v) is 3.46. The molecule has 0 radical (unpaired) electrons. The maximum Gasteiger partial charge on any atom is 0.251 e. The zero-order valence-corrected chi connectivity index (χ0v) is 21.5. The molecule has 2 heterocycles. The van der Waals surface area contributed by atoms with E-state index in [0.717, 1.165) is 69.5 Å². The predicted molar refractivity (Wildman–Crippen MR) is 139 cm³/mol. The molecule has 1 saturated heterocycles. The Morgan fingerprint density at radius 1 is 1.12 bits per heavy atom. The molecule has 1 aromatic carbocycles. The standard InChI is InChI=1S/C24H34N4O4.HI/c1-25-24(26-10-4-11-31-18-19-8-13-30-14-9-19)28-16-20-5-2-6-21(15-20)23(29)27-17-22-7-3-12-32-22;/h2-3,5-7,12,15,19H,4,8-11,13-14,16-18H2,1H3,(H,27,29)(H2,25,26,28);1H. The van der Waals surface area contributed by atoms with E-state index in [2.05, 4.69) is 20.9 Å². The molecule has 0 aliphatic carbocycles. The van der Waals surface area contributed by atoms with E-state index < -0.39 is 0 Å². The number of furan rings is 1. The SMILES string of the molecule is CN=C(NCCCOCC1CCOCC1)NCc1cccc(C(=O)NCc2ccco2)c1.I. The van der Waals surface area contributed by atoms with Crippen molar-refractivity contribution in [3.63, 3.8) is 0 Å². The van der Waals surface area contributed by atoms with Crippen LogP contribution in [0.15, 0.2) is 52.1 Å². The van der Waals surface area contributed by atoms with E-state index in [1.165, 1.54) is 0 Å². The van der Waals surface area contributed by atoms with Gasteiger partial charge in [-0.2, -0.15) is 0 Å². The topological polar surface area (TPSA) is 97.1 Å². The largest absolute Gasteiger partial charge is 0.467 e. The molecule has 1 aromatic heterocycles. The number of ether oxygens (including phenoxy) is 2. The van der Waals surface area contributed by atoms with Crippen molar-refractivity contribution in [2.24, 2.45) is 10.9 Å². The Morgan fingerprint density at radius 2 is 1.97 bits per heavy atom. The number of hydrogen-bond donors (Lipinski definition) is 3. The summed E-state index contributed by atoms with van der Waals surface area (Å²) in [5.41, 5.74) is 1.61. The Balaban J connectivity index is 0.00000385. The molecular formula is C24H35IN4O4. The molecule has 1 aliphatic heterocycles. The van der Waals surface area contributed by atoms with Gasteiger partial charge in [-0.15, -0.1) is 24.0 Å². The number of halogens is 1. The second kappa shape index (κ2) is 15.7. The van der Waals surface area contributed by atoms with E-state index in [0.29, 0.717) is 24.6 Å². The first-order chi connectivity index (χ1) is 15.7. The lowest BCUT2D eigenvalue weighted by Gasteiger charge is -2.21. The van der Waals surface area contributed by atoms with E-state index >= 15 is 0 Å². The number of aliphatic imine (C=N–C) groups is 1. The number of benzene rings is 1. The molecule has 3 rings (SSSR count). The fourth-order valence-electron chi connectivity index (χ4n) is 3.46. The zero-order chi connectivity index (χ0) is 22.4. The molecule has 0 unspecified atom stereocenters. The highest BCUT2D eigenvalue weighted by Gasteiger charge is 2.13. The van der Waals surface area contributed by atoms with Crippen molar-refractivity contribution in [2.75, 3.05) is 40.0 Å². The number of amides is 1. The number of guanidine groups is 1. The highest BCUT2D eigenvalue weighted by Crippen LogP contribution is 2.14. The van der Waals surface area contributed by atoms with Gasteiger partial charge < -0.3 is 29.8 Å². The lowest BCUT2D eigenvalue weighted by atomic mass is 10.0. The van der Waals surface area contributed by atoms with Gasteiger partial charge in [-0.3, -0.25) is 9.79 Å². The van der Waals surface area contributed by atoms with E-state index in [1.807, 2.05) is 24.3 Å². The molecule has 3 N–H and O–H groups in total. The second-order valence-electron chi connectivity index (χ2n) is 7.80. The molecule has 1 aliphatic rings. The molecule has 9 heteroatoms. The predicted octanol–water partition coefficient (Wildman–Crippen LogP) is 3.33. The van der Waals surface area contributed by atoms with Crippen LogP contribution in [0.25, 0.3) is 0 Å². The lowest BCUT2D eigenvalue weighted by molar-refractivity contribution is 0.0203. The number of nitrogens with one attached hydrogen (secondary N) is 3. The number of carbonyl (C=O) groups excluding carboxylic acids is 1.